The first-order valence-corrected chi connectivity index (χ1v) is 47.4. The quantitative estimate of drug-likeness (QED) is 0.0378. The maximum absolute atomic E-state index is 13.9. The van der Waals surface area contributed by atoms with Crippen molar-refractivity contribution in [1.29, 1.82) is 0 Å². The van der Waals surface area contributed by atoms with Crippen LogP contribution in [0.15, 0.2) is 399 Å². The third-order valence-electron chi connectivity index (χ3n) is 24.1. The Kier molecular flexibility index (Phi) is 36.7. The molecule has 0 unspecified atom stereocenters. The molecule has 20 nitrogen and oxygen atoms in total. The van der Waals surface area contributed by atoms with Gasteiger partial charge in [-0.15, -0.1) is 0 Å². The SMILES string of the molecule is O[C@@H]1[C@@H](O[C@@H]2[C@@H](O[C@@H]3[C@@H](O[C@H]4[C@@H](OCc5ccccc5)[C@H](OCc5ccccc5)[C@@H](COCc5ccccc5)O[C@@H]4Sc4ccccc4)O[C@H](COCc4ccccc4)[C@@H](OCc4ccccc4)[C@@H]3OCc3ccccc3)O[C@H](COCc3ccccc3)[C@@H](OCc3ccccc3)[C@@H]2OCc2ccccc2)O[C@H](COCc2ccccc2)[C@@H](OCc2ccccc2)[C@@H]1OCc1ccccc1. The molecule has 0 spiro atoms. The summed E-state index contributed by atoms with van der Waals surface area (Å²) in [5, 5.41) is 13.9. The van der Waals surface area contributed by atoms with Crippen LogP contribution in [-0.4, -0.2) is 154 Å². The summed E-state index contributed by atoms with van der Waals surface area (Å²) < 4.78 is 142. The maximum Gasteiger partial charge on any atom is 0.187 e. The molecule has 700 valence electrons. The van der Waals surface area contributed by atoms with Crippen LogP contribution in [0.25, 0.3) is 0 Å². The molecule has 0 amide bonds. The first-order valence-electron chi connectivity index (χ1n) is 46.6. The smallest absolute Gasteiger partial charge is 0.187 e. The number of thioether (sulfide) groups is 1. The lowest BCUT2D eigenvalue weighted by Crippen LogP contribution is -2.69. The van der Waals surface area contributed by atoms with Gasteiger partial charge < -0.3 is 95.1 Å². The minimum Gasteiger partial charge on any atom is -0.385 e. The number of aliphatic hydroxyl groups excluding tert-OH is 1. The van der Waals surface area contributed by atoms with Crippen LogP contribution >= 0.6 is 11.8 Å². The Bertz CT molecular complexity index is 5430. The Labute approximate surface area is 795 Å². The van der Waals surface area contributed by atoms with Crippen molar-refractivity contribution in [2.45, 2.75) is 206 Å². The minimum atomic E-state index is -1.63. The highest BCUT2D eigenvalue weighted by atomic mass is 32.2. The third kappa shape index (κ3) is 28.3. The number of aliphatic hydroxyl groups is 1. The normalized spacial score (nSPS) is 25.2. The molecule has 0 aliphatic carbocycles. The number of benzene rings is 13. The van der Waals surface area contributed by atoms with E-state index in [4.69, 9.17) is 90.0 Å². The summed E-state index contributed by atoms with van der Waals surface area (Å²) in [5.41, 5.74) is 9.80. The van der Waals surface area contributed by atoms with Crippen molar-refractivity contribution in [3.8, 4) is 0 Å². The van der Waals surface area contributed by atoms with Crippen LogP contribution in [0.5, 0.6) is 0 Å². The van der Waals surface area contributed by atoms with E-state index in [1.807, 2.05) is 394 Å². The van der Waals surface area contributed by atoms with E-state index >= 15 is 0 Å². The molecule has 4 heterocycles. The first kappa shape index (κ1) is 96.1. The average Bonchev–Trinajstić information content (AvgIpc) is 0.753. The van der Waals surface area contributed by atoms with Crippen LogP contribution in [0.2, 0.25) is 0 Å². The van der Waals surface area contributed by atoms with E-state index in [0.717, 1.165) is 71.7 Å². The molecule has 4 fully saturated rings. The fourth-order valence-corrected chi connectivity index (χ4v) is 18.3. The average molecular weight is 1840 g/mol. The Morgan fingerprint density at radius 3 is 0.630 bits per heavy atom. The van der Waals surface area contributed by atoms with E-state index in [0.29, 0.717) is 0 Å². The van der Waals surface area contributed by atoms with E-state index in [-0.39, 0.29) is 106 Å². The highest BCUT2D eigenvalue weighted by Crippen LogP contribution is 2.44. The van der Waals surface area contributed by atoms with Crippen LogP contribution in [0.3, 0.4) is 0 Å². The number of hydrogen-bond donors (Lipinski definition) is 1. The molecular formula is C114H118O20S. The van der Waals surface area contributed by atoms with Gasteiger partial charge in [0, 0.05) is 4.90 Å². The summed E-state index contributed by atoms with van der Waals surface area (Å²) >= 11 is 1.47. The van der Waals surface area contributed by atoms with Gasteiger partial charge in [-0.1, -0.05) is 394 Å². The molecule has 0 radical (unpaired) electrons. The standard InChI is InChI=1S/C114H118O20S/c115-99-104(124-74-90-56-30-9-31-57-90)100(120-70-86-48-22-5-23-49-86)95(78-116-66-82-40-14-1-15-41-82)128-111(99)132-108-105(125-75-91-58-32-10-33-59-91)101(121-71-87-50-24-6-25-51-87)96(79-117-67-83-42-16-2-17-43-83)129-112(108)133-109-106(126-76-92-60-34-11-35-61-92)102(122-72-88-52-26-7-27-53-88)97(80-118-68-84-44-18-3-19-45-84)130-113(109)134-110-107(127-77-93-62-36-12-37-63-93)103(123-73-89-54-28-8-29-55-89)98(81-119-69-85-46-20-4-21-47-85)131-114(110)135-94-64-38-13-39-65-94/h1-65,95-115H,66-81H2/t95-,96-,97-,98-,99+,100-,101-,102-,103-,104-,105+,106+,107+,108+,109+,110+,111-,112-,113-,114-/m1/s1. The predicted molar refractivity (Wildman–Crippen MR) is 512 cm³/mol. The highest BCUT2D eigenvalue weighted by molar-refractivity contribution is 7.99. The Morgan fingerprint density at radius 2 is 0.370 bits per heavy atom. The second-order valence-corrected chi connectivity index (χ2v) is 35.2. The number of hydrogen-bond acceptors (Lipinski definition) is 21. The molecule has 13 aromatic rings. The maximum atomic E-state index is 13.9. The van der Waals surface area contributed by atoms with Crippen molar-refractivity contribution in [1.82, 2.24) is 0 Å². The fourth-order valence-electron chi connectivity index (χ4n) is 17.2. The van der Waals surface area contributed by atoms with Gasteiger partial charge in [0.2, 0.25) is 0 Å². The molecule has 0 aromatic heterocycles. The van der Waals surface area contributed by atoms with Crippen molar-refractivity contribution < 1.29 is 95.1 Å². The Balaban J connectivity index is 0.846. The van der Waals surface area contributed by atoms with Crippen molar-refractivity contribution >= 4 is 11.8 Å². The van der Waals surface area contributed by atoms with Crippen LogP contribution in [0.4, 0.5) is 0 Å². The monoisotopic (exact) mass is 1840 g/mol. The molecule has 1 N–H and O–H groups in total. The van der Waals surface area contributed by atoms with Gasteiger partial charge in [0.25, 0.3) is 0 Å². The summed E-state index contributed by atoms with van der Waals surface area (Å²) in [4.78, 5) is 0.870. The zero-order chi connectivity index (χ0) is 91.5. The van der Waals surface area contributed by atoms with Gasteiger partial charge in [0.15, 0.2) is 18.9 Å². The molecule has 17 rings (SSSR count). The molecule has 0 saturated carbocycles. The van der Waals surface area contributed by atoms with E-state index in [1.165, 1.54) is 11.8 Å². The zero-order valence-electron chi connectivity index (χ0n) is 75.5. The number of ether oxygens (including phenoxy) is 19. The zero-order valence-corrected chi connectivity index (χ0v) is 76.3. The lowest BCUT2D eigenvalue weighted by molar-refractivity contribution is -0.410. The van der Waals surface area contributed by atoms with E-state index in [2.05, 4.69) is 0 Å². The Hall–Kier alpha value is -10.6. The van der Waals surface area contributed by atoms with Crippen molar-refractivity contribution in [3.05, 3.63) is 461 Å². The fraction of sp³-hybridized carbons (Fsp3) is 0.316. The molecule has 21 heteroatoms. The predicted octanol–water partition coefficient (Wildman–Crippen LogP) is 19.7. The van der Waals surface area contributed by atoms with Gasteiger partial charge in [-0.3, -0.25) is 0 Å². The molecule has 20 atom stereocenters. The Morgan fingerprint density at radius 1 is 0.185 bits per heavy atom. The van der Waals surface area contributed by atoms with Crippen LogP contribution in [-0.2, 0) is 169 Å². The van der Waals surface area contributed by atoms with Gasteiger partial charge in [-0.05, 0) is 78.9 Å². The van der Waals surface area contributed by atoms with E-state index in [9.17, 15) is 5.11 Å². The summed E-state index contributed by atoms with van der Waals surface area (Å²) in [6, 6.07) is 130. The van der Waals surface area contributed by atoms with E-state index < -0.39 is 122 Å². The van der Waals surface area contributed by atoms with Gasteiger partial charge in [0.05, 0.1) is 106 Å². The second-order valence-electron chi connectivity index (χ2n) is 34.0. The van der Waals surface area contributed by atoms with Gasteiger partial charge >= 0.3 is 0 Å². The number of rotatable bonds is 48. The summed E-state index contributed by atoms with van der Waals surface area (Å²) in [6.45, 7) is 1.47. The second kappa shape index (κ2) is 51.5. The van der Waals surface area contributed by atoms with Crippen molar-refractivity contribution in [2.75, 3.05) is 26.4 Å². The minimum absolute atomic E-state index is 0.0165. The summed E-state index contributed by atoms with van der Waals surface area (Å²) in [7, 11) is 0. The molecule has 4 aliphatic rings. The topological polar surface area (TPSA) is 196 Å². The molecule has 0 bridgehead atoms. The molecule has 4 saturated heterocycles. The third-order valence-corrected chi connectivity index (χ3v) is 25.3. The summed E-state index contributed by atoms with van der Waals surface area (Å²) in [5.74, 6) is 0. The molecule has 135 heavy (non-hydrogen) atoms. The molecule has 13 aromatic carbocycles. The van der Waals surface area contributed by atoms with Gasteiger partial charge in [-0.2, -0.15) is 0 Å². The van der Waals surface area contributed by atoms with E-state index in [1.54, 1.807) is 0 Å². The van der Waals surface area contributed by atoms with Crippen LogP contribution < -0.4 is 0 Å². The summed E-state index contributed by atoms with van der Waals surface area (Å²) in [6.07, 6.45) is -22.9. The molecular weight excluding hydrogens is 1720 g/mol. The van der Waals surface area contributed by atoms with Gasteiger partial charge in [-0.25, -0.2) is 0 Å². The lowest BCUT2D eigenvalue weighted by Gasteiger charge is -2.52. The lowest BCUT2D eigenvalue weighted by atomic mass is 9.95. The van der Waals surface area contributed by atoms with Crippen LogP contribution in [0, 0.1) is 0 Å². The molecule has 4 aliphatic heterocycles. The van der Waals surface area contributed by atoms with Crippen molar-refractivity contribution in [2.24, 2.45) is 0 Å². The van der Waals surface area contributed by atoms with Gasteiger partial charge in [0.1, 0.15) is 103 Å². The first-order chi connectivity index (χ1) is 66.9. The van der Waals surface area contributed by atoms with Crippen molar-refractivity contribution in [3.63, 3.8) is 0 Å². The van der Waals surface area contributed by atoms with Crippen LogP contribution in [0.1, 0.15) is 66.8 Å². The highest BCUT2D eigenvalue weighted by Gasteiger charge is 2.60. The largest absolute Gasteiger partial charge is 0.385 e.